The van der Waals surface area contributed by atoms with E-state index in [2.05, 4.69) is 29.6 Å². The fraction of sp³-hybridized carbons (Fsp3) is 0.917. The highest BCUT2D eigenvalue weighted by Crippen LogP contribution is 2.31. The van der Waals surface area contributed by atoms with E-state index in [1.54, 1.807) is 7.05 Å². The Morgan fingerprint density at radius 1 is 1.24 bits per heavy atom. The van der Waals surface area contributed by atoms with E-state index in [1.807, 2.05) is 0 Å². The van der Waals surface area contributed by atoms with E-state index in [0.717, 1.165) is 6.54 Å². The molecule has 102 valence electrons. The normalized spacial score (nSPS) is 18.6. The monoisotopic (exact) mass is 263 g/mol. The van der Waals surface area contributed by atoms with Gasteiger partial charge in [-0.15, -0.1) is 12.4 Å². The molecule has 1 amide bonds. The second kappa shape index (κ2) is 7.90. The maximum Gasteiger partial charge on any atom is 0.234 e. The van der Waals surface area contributed by atoms with Gasteiger partial charge in [0.2, 0.25) is 5.91 Å². The van der Waals surface area contributed by atoms with E-state index in [1.165, 1.54) is 32.1 Å². The number of carbonyl (C=O) groups is 1. The van der Waals surface area contributed by atoms with Gasteiger partial charge in [-0.1, -0.05) is 19.3 Å². The van der Waals surface area contributed by atoms with Crippen molar-refractivity contribution in [2.75, 3.05) is 34.2 Å². The number of nitrogens with one attached hydrogen (secondary N) is 2. The molecular weight excluding hydrogens is 238 g/mol. The van der Waals surface area contributed by atoms with E-state index in [-0.39, 0.29) is 23.9 Å². The Hall–Kier alpha value is -0.320. The van der Waals surface area contributed by atoms with Crippen LogP contribution in [-0.4, -0.2) is 50.6 Å². The smallest absolute Gasteiger partial charge is 0.234 e. The molecule has 1 fully saturated rings. The summed E-state index contributed by atoms with van der Waals surface area (Å²) in [6.45, 7) is 1.18. The summed E-state index contributed by atoms with van der Waals surface area (Å²) in [5.74, 6) is 0.0919. The lowest BCUT2D eigenvalue weighted by atomic mass is 9.80. The Morgan fingerprint density at radius 2 is 1.82 bits per heavy atom. The molecule has 0 unspecified atom stereocenters. The average molecular weight is 264 g/mol. The predicted octanol–water partition coefficient (Wildman–Crippen LogP) is 1.01. The molecular formula is C12H26ClN3O. The summed E-state index contributed by atoms with van der Waals surface area (Å²) < 4.78 is 0. The minimum Gasteiger partial charge on any atom is -0.353 e. The molecule has 0 heterocycles. The van der Waals surface area contributed by atoms with Crippen LogP contribution in [0.15, 0.2) is 0 Å². The van der Waals surface area contributed by atoms with Crippen LogP contribution in [0, 0.1) is 0 Å². The highest BCUT2D eigenvalue weighted by atomic mass is 35.5. The van der Waals surface area contributed by atoms with Crippen LogP contribution in [0.2, 0.25) is 0 Å². The van der Waals surface area contributed by atoms with Gasteiger partial charge in [-0.25, -0.2) is 0 Å². The number of hydrogen-bond acceptors (Lipinski definition) is 3. The highest BCUT2D eigenvalue weighted by molar-refractivity contribution is 5.85. The number of likely N-dealkylation sites (N-methyl/N-ethyl adjacent to an activating group) is 2. The Kier molecular flexibility index (Phi) is 7.75. The van der Waals surface area contributed by atoms with Crippen molar-refractivity contribution >= 4 is 18.3 Å². The van der Waals surface area contributed by atoms with Crippen molar-refractivity contribution in [1.29, 1.82) is 0 Å². The molecule has 0 saturated heterocycles. The van der Waals surface area contributed by atoms with E-state index in [0.29, 0.717) is 6.54 Å². The fourth-order valence-corrected chi connectivity index (χ4v) is 2.48. The van der Waals surface area contributed by atoms with Crippen LogP contribution in [0.1, 0.15) is 32.1 Å². The standard InChI is InChI=1S/C12H25N3O.ClH/c1-13-9-11(16)14-10-12(15(2)3)7-5-4-6-8-12;/h13H,4-10H2,1-3H3,(H,14,16);1H. The molecule has 0 radical (unpaired) electrons. The molecule has 2 N–H and O–H groups in total. The van der Waals surface area contributed by atoms with Gasteiger partial charge in [-0.05, 0) is 34.0 Å². The molecule has 0 atom stereocenters. The van der Waals surface area contributed by atoms with Crippen LogP contribution in [0.3, 0.4) is 0 Å². The molecule has 1 aliphatic rings. The first-order valence-electron chi connectivity index (χ1n) is 6.19. The van der Waals surface area contributed by atoms with Crippen LogP contribution < -0.4 is 10.6 Å². The van der Waals surface area contributed by atoms with Crippen LogP contribution in [0.4, 0.5) is 0 Å². The summed E-state index contributed by atoms with van der Waals surface area (Å²) >= 11 is 0. The molecule has 1 rings (SSSR count). The van der Waals surface area contributed by atoms with Gasteiger partial charge in [0.1, 0.15) is 0 Å². The Morgan fingerprint density at radius 3 is 2.29 bits per heavy atom. The van der Waals surface area contributed by atoms with Crippen molar-refractivity contribution in [1.82, 2.24) is 15.5 Å². The average Bonchev–Trinajstić information content (AvgIpc) is 2.28. The van der Waals surface area contributed by atoms with Crippen molar-refractivity contribution in [2.45, 2.75) is 37.6 Å². The van der Waals surface area contributed by atoms with E-state index in [4.69, 9.17) is 0 Å². The molecule has 0 aromatic carbocycles. The first-order valence-corrected chi connectivity index (χ1v) is 6.19. The molecule has 17 heavy (non-hydrogen) atoms. The summed E-state index contributed by atoms with van der Waals surface area (Å²) in [7, 11) is 6.03. The molecule has 0 bridgehead atoms. The molecule has 0 aliphatic heterocycles. The summed E-state index contributed by atoms with van der Waals surface area (Å²) in [5.41, 5.74) is 0.182. The van der Waals surface area contributed by atoms with Crippen LogP contribution in [0.5, 0.6) is 0 Å². The zero-order valence-electron chi connectivity index (χ0n) is 11.2. The molecule has 1 saturated carbocycles. The van der Waals surface area contributed by atoms with Gasteiger partial charge < -0.3 is 15.5 Å². The lowest BCUT2D eigenvalue weighted by molar-refractivity contribution is -0.120. The van der Waals surface area contributed by atoms with Crippen LogP contribution in [-0.2, 0) is 4.79 Å². The third-order valence-corrected chi connectivity index (χ3v) is 3.68. The minimum absolute atomic E-state index is 0. The van der Waals surface area contributed by atoms with Gasteiger partial charge in [0.25, 0.3) is 0 Å². The highest BCUT2D eigenvalue weighted by Gasteiger charge is 2.34. The first-order chi connectivity index (χ1) is 7.60. The number of amides is 1. The molecule has 1 aliphatic carbocycles. The van der Waals surface area contributed by atoms with Crippen molar-refractivity contribution in [2.24, 2.45) is 0 Å². The minimum atomic E-state index is 0. The van der Waals surface area contributed by atoms with E-state index in [9.17, 15) is 4.79 Å². The Balaban J connectivity index is 0.00000256. The fourth-order valence-electron chi connectivity index (χ4n) is 2.48. The van der Waals surface area contributed by atoms with Gasteiger partial charge in [0.05, 0.1) is 6.54 Å². The van der Waals surface area contributed by atoms with Crippen molar-refractivity contribution in [3.63, 3.8) is 0 Å². The third-order valence-electron chi connectivity index (χ3n) is 3.68. The third kappa shape index (κ3) is 4.82. The largest absolute Gasteiger partial charge is 0.353 e. The first kappa shape index (κ1) is 16.7. The summed E-state index contributed by atoms with van der Waals surface area (Å²) in [4.78, 5) is 13.7. The number of hydrogen-bond donors (Lipinski definition) is 2. The molecule has 0 spiro atoms. The van der Waals surface area contributed by atoms with Crippen LogP contribution >= 0.6 is 12.4 Å². The zero-order chi connectivity index (χ0) is 12.0. The number of carbonyl (C=O) groups excluding carboxylic acids is 1. The second-order valence-corrected chi connectivity index (χ2v) is 4.99. The molecule has 4 nitrogen and oxygen atoms in total. The molecule has 5 heteroatoms. The second-order valence-electron chi connectivity index (χ2n) is 4.99. The Bertz CT molecular complexity index is 228. The summed E-state index contributed by atoms with van der Waals surface area (Å²) in [5, 5.41) is 5.90. The molecule has 0 aromatic heterocycles. The number of rotatable bonds is 5. The SMILES string of the molecule is CNCC(=O)NCC1(N(C)C)CCCCC1.Cl. The van der Waals surface area contributed by atoms with E-state index < -0.39 is 0 Å². The van der Waals surface area contributed by atoms with Crippen molar-refractivity contribution in [3.05, 3.63) is 0 Å². The van der Waals surface area contributed by atoms with Gasteiger partial charge in [0.15, 0.2) is 0 Å². The number of nitrogens with zero attached hydrogens (tertiary/aromatic N) is 1. The van der Waals surface area contributed by atoms with Crippen LogP contribution in [0.25, 0.3) is 0 Å². The van der Waals surface area contributed by atoms with Crippen molar-refractivity contribution in [3.8, 4) is 0 Å². The van der Waals surface area contributed by atoms with Gasteiger partial charge in [-0.2, -0.15) is 0 Å². The lowest BCUT2D eigenvalue weighted by Crippen LogP contribution is -2.54. The van der Waals surface area contributed by atoms with Gasteiger partial charge >= 0.3 is 0 Å². The van der Waals surface area contributed by atoms with E-state index >= 15 is 0 Å². The quantitative estimate of drug-likeness (QED) is 0.778. The molecule has 0 aromatic rings. The maximum atomic E-state index is 11.5. The lowest BCUT2D eigenvalue weighted by Gasteiger charge is -2.43. The Labute approximate surface area is 111 Å². The zero-order valence-corrected chi connectivity index (χ0v) is 12.0. The maximum absolute atomic E-state index is 11.5. The van der Waals surface area contributed by atoms with Gasteiger partial charge in [-0.3, -0.25) is 4.79 Å². The van der Waals surface area contributed by atoms with Crippen molar-refractivity contribution < 1.29 is 4.79 Å². The van der Waals surface area contributed by atoms with Gasteiger partial charge in [0, 0.05) is 12.1 Å². The summed E-state index contributed by atoms with van der Waals surface area (Å²) in [6, 6.07) is 0. The number of halogens is 1. The topological polar surface area (TPSA) is 44.4 Å². The summed E-state index contributed by atoms with van der Waals surface area (Å²) in [6.07, 6.45) is 6.28. The predicted molar refractivity (Wildman–Crippen MR) is 73.7 cm³/mol.